The Labute approximate surface area is 284 Å². The predicted octanol–water partition coefficient (Wildman–Crippen LogP) is 6.70. The molecule has 0 unspecified atom stereocenters. The van der Waals surface area contributed by atoms with Crippen LogP contribution in [-0.4, -0.2) is 30.9 Å². The zero-order valence-corrected chi connectivity index (χ0v) is 28.8. The highest BCUT2D eigenvalue weighted by atomic mass is 79.9. The van der Waals surface area contributed by atoms with Gasteiger partial charge in [0.15, 0.2) is 16.3 Å². The van der Waals surface area contributed by atoms with Gasteiger partial charge >= 0.3 is 5.97 Å². The van der Waals surface area contributed by atoms with Gasteiger partial charge in [0.1, 0.15) is 12.4 Å². The molecule has 5 aromatic rings. The summed E-state index contributed by atoms with van der Waals surface area (Å²) in [6, 6.07) is 24.6. The molecule has 0 bridgehead atoms. The highest BCUT2D eigenvalue weighted by Gasteiger charge is 2.35. The lowest BCUT2D eigenvalue weighted by atomic mass is 9.95. The van der Waals surface area contributed by atoms with E-state index >= 15 is 0 Å². The van der Waals surface area contributed by atoms with E-state index in [-0.39, 0.29) is 17.7 Å². The van der Waals surface area contributed by atoms with Crippen LogP contribution < -0.4 is 29.1 Å². The summed E-state index contributed by atoms with van der Waals surface area (Å²) in [5, 5.41) is 1.96. The van der Waals surface area contributed by atoms with Crippen LogP contribution >= 0.6 is 27.3 Å². The van der Waals surface area contributed by atoms with Gasteiger partial charge in [-0.15, -0.1) is 0 Å². The lowest BCUT2D eigenvalue weighted by Crippen LogP contribution is -2.40. The summed E-state index contributed by atoms with van der Waals surface area (Å²) in [7, 11) is 1.55. The molecule has 2 heterocycles. The zero-order chi connectivity index (χ0) is 33.1. The van der Waals surface area contributed by atoms with Crippen molar-refractivity contribution in [1.29, 1.82) is 0 Å². The van der Waals surface area contributed by atoms with Crippen LogP contribution in [0.15, 0.2) is 104 Å². The number of ether oxygens (including phenoxy) is 4. The number of benzene rings is 4. The van der Waals surface area contributed by atoms with E-state index in [9.17, 15) is 9.59 Å². The van der Waals surface area contributed by atoms with E-state index < -0.39 is 12.0 Å². The highest BCUT2D eigenvalue weighted by Crippen LogP contribution is 2.41. The van der Waals surface area contributed by atoms with Gasteiger partial charge in [-0.1, -0.05) is 87.9 Å². The van der Waals surface area contributed by atoms with Gasteiger partial charge < -0.3 is 18.9 Å². The van der Waals surface area contributed by atoms with E-state index in [1.807, 2.05) is 79.7 Å². The number of fused-ring (bicyclic) bond motifs is 2. The first-order valence-electron chi connectivity index (χ1n) is 15.2. The van der Waals surface area contributed by atoms with Gasteiger partial charge in [0.25, 0.3) is 5.56 Å². The Morgan fingerprint density at radius 1 is 0.957 bits per heavy atom. The first kappa shape index (κ1) is 32.3. The summed E-state index contributed by atoms with van der Waals surface area (Å²) in [6.45, 7) is 6.38. The SMILES string of the molecule is CCOC(=O)C1=C(C)N=c2s/c(=C/c3c(OCc4ccccc4)ccc4ccccc34)c(=O)n2[C@@H]1c1cc(OC)c(OCC)cc1Br. The number of esters is 1. The maximum Gasteiger partial charge on any atom is 0.338 e. The van der Waals surface area contributed by atoms with Gasteiger partial charge in [-0.25, -0.2) is 9.79 Å². The number of methoxy groups -OCH3 is 1. The van der Waals surface area contributed by atoms with E-state index in [1.54, 1.807) is 37.7 Å². The maximum atomic E-state index is 14.5. The number of hydrogen-bond acceptors (Lipinski definition) is 8. The number of aromatic nitrogens is 1. The van der Waals surface area contributed by atoms with Crippen LogP contribution in [0.25, 0.3) is 16.8 Å². The molecule has 1 aliphatic rings. The monoisotopic (exact) mass is 712 g/mol. The average Bonchev–Trinajstić information content (AvgIpc) is 3.38. The Balaban J connectivity index is 1.56. The lowest BCUT2D eigenvalue weighted by Gasteiger charge is -2.26. The van der Waals surface area contributed by atoms with Crippen molar-refractivity contribution in [2.24, 2.45) is 4.99 Å². The van der Waals surface area contributed by atoms with Crippen molar-refractivity contribution in [2.45, 2.75) is 33.4 Å². The number of allylic oxidation sites excluding steroid dienone is 1. The van der Waals surface area contributed by atoms with Crippen LogP contribution in [0.1, 0.15) is 43.5 Å². The molecular formula is C37H33BrN2O6S. The fourth-order valence-electron chi connectivity index (χ4n) is 5.69. The van der Waals surface area contributed by atoms with E-state index in [0.29, 0.717) is 55.5 Å². The molecule has 8 nitrogen and oxygen atoms in total. The minimum absolute atomic E-state index is 0.174. The van der Waals surface area contributed by atoms with Crippen molar-refractivity contribution in [3.05, 3.63) is 131 Å². The third-order valence-corrected chi connectivity index (χ3v) is 9.51. The third-order valence-electron chi connectivity index (χ3n) is 7.84. The molecule has 0 saturated heterocycles. The molecule has 47 heavy (non-hydrogen) atoms. The fourth-order valence-corrected chi connectivity index (χ4v) is 7.26. The number of halogens is 1. The third kappa shape index (κ3) is 6.35. The van der Waals surface area contributed by atoms with E-state index in [4.69, 9.17) is 23.9 Å². The molecule has 1 atom stereocenters. The van der Waals surface area contributed by atoms with Crippen LogP contribution in [0.4, 0.5) is 0 Å². The summed E-state index contributed by atoms with van der Waals surface area (Å²) >= 11 is 4.94. The van der Waals surface area contributed by atoms with Crippen molar-refractivity contribution in [3.8, 4) is 17.2 Å². The van der Waals surface area contributed by atoms with Crippen LogP contribution in [0.3, 0.4) is 0 Å². The Hall–Kier alpha value is -4.67. The first-order chi connectivity index (χ1) is 22.8. The van der Waals surface area contributed by atoms with Gasteiger partial charge in [-0.2, -0.15) is 0 Å². The van der Waals surface area contributed by atoms with Gasteiger partial charge in [-0.3, -0.25) is 9.36 Å². The average molecular weight is 714 g/mol. The topological polar surface area (TPSA) is 88.4 Å². The number of rotatable bonds is 10. The summed E-state index contributed by atoms with van der Waals surface area (Å²) < 4.78 is 25.9. The molecule has 0 fully saturated rings. The molecule has 0 saturated carbocycles. The molecule has 0 spiro atoms. The molecule has 1 aromatic heterocycles. The lowest BCUT2D eigenvalue weighted by molar-refractivity contribution is -0.139. The standard InChI is InChI=1S/C37H33BrN2O6S/c1-5-44-31-20-28(38)27(18-30(31)43-4)34-33(36(42)45-6-2)22(3)39-37-40(34)35(41)32(47-37)19-26-25-15-11-10-14-24(25)16-17-29(26)46-21-23-12-8-7-9-13-23/h7-20,34H,5-6,21H2,1-4H3/b32-19+/t34-/m1/s1. The van der Waals surface area contributed by atoms with Gasteiger partial charge in [0, 0.05) is 10.0 Å². The Bertz CT molecular complexity index is 2190. The minimum atomic E-state index is -0.840. The van der Waals surface area contributed by atoms with Crippen molar-refractivity contribution >= 4 is 50.1 Å². The minimum Gasteiger partial charge on any atom is -0.493 e. The molecule has 0 aliphatic carbocycles. The van der Waals surface area contributed by atoms with Crippen LogP contribution in [0, 0.1) is 0 Å². The molecule has 0 amide bonds. The zero-order valence-electron chi connectivity index (χ0n) is 26.4. The Morgan fingerprint density at radius 2 is 1.72 bits per heavy atom. The number of carbonyl (C=O) groups excluding carboxylic acids is 1. The molecule has 4 aromatic carbocycles. The highest BCUT2D eigenvalue weighted by molar-refractivity contribution is 9.10. The smallest absolute Gasteiger partial charge is 0.338 e. The number of hydrogen-bond donors (Lipinski definition) is 0. The van der Waals surface area contributed by atoms with Crippen LogP contribution in [0.2, 0.25) is 0 Å². The summed E-state index contributed by atoms with van der Waals surface area (Å²) in [4.78, 5) is 33.2. The first-order valence-corrected chi connectivity index (χ1v) is 16.8. The summed E-state index contributed by atoms with van der Waals surface area (Å²) in [6.07, 6.45) is 1.86. The summed E-state index contributed by atoms with van der Waals surface area (Å²) in [5.74, 6) is 1.12. The van der Waals surface area contributed by atoms with Crippen LogP contribution in [0.5, 0.6) is 17.2 Å². The van der Waals surface area contributed by atoms with Crippen molar-refractivity contribution in [3.63, 3.8) is 0 Å². The fraction of sp³-hybridized carbons (Fsp3) is 0.216. The second kappa shape index (κ2) is 14.0. The van der Waals surface area contributed by atoms with Crippen molar-refractivity contribution < 1.29 is 23.7 Å². The van der Waals surface area contributed by atoms with E-state index in [1.165, 1.54) is 11.3 Å². The molecular weight excluding hydrogens is 680 g/mol. The summed E-state index contributed by atoms with van der Waals surface area (Å²) in [5.41, 5.74) is 2.89. The van der Waals surface area contributed by atoms with E-state index in [0.717, 1.165) is 21.9 Å². The normalized spacial score (nSPS) is 14.5. The van der Waals surface area contributed by atoms with Gasteiger partial charge in [0.05, 0.1) is 42.2 Å². The molecule has 6 rings (SSSR count). The number of nitrogens with zero attached hydrogens (tertiary/aromatic N) is 2. The molecule has 10 heteroatoms. The van der Waals surface area contributed by atoms with Crippen molar-refractivity contribution in [1.82, 2.24) is 4.57 Å². The maximum absolute atomic E-state index is 14.5. The largest absolute Gasteiger partial charge is 0.493 e. The second-order valence-electron chi connectivity index (χ2n) is 10.7. The number of carbonyl (C=O) groups is 1. The molecule has 0 N–H and O–H groups in total. The van der Waals surface area contributed by atoms with Crippen molar-refractivity contribution in [2.75, 3.05) is 20.3 Å². The predicted molar refractivity (Wildman–Crippen MR) is 187 cm³/mol. The van der Waals surface area contributed by atoms with Gasteiger partial charge in [0.2, 0.25) is 0 Å². The Morgan fingerprint density at radius 3 is 2.47 bits per heavy atom. The Kier molecular flexibility index (Phi) is 9.60. The molecule has 240 valence electrons. The van der Waals surface area contributed by atoms with E-state index in [2.05, 4.69) is 15.9 Å². The molecule has 1 aliphatic heterocycles. The number of thiazole rings is 1. The van der Waals surface area contributed by atoms with Gasteiger partial charge in [-0.05, 0) is 66.9 Å². The van der Waals surface area contributed by atoms with Crippen LogP contribution in [-0.2, 0) is 16.1 Å². The quantitative estimate of drug-likeness (QED) is 0.150. The second-order valence-corrected chi connectivity index (χ2v) is 12.6. The molecule has 0 radical (unpaired) electrons.